The monoisotopic (exact) mass is 320 g/mol. The number of H-pyrrole nitrogens is 1. The van der Waals surface area contributed by atoms with Gasteiger partial charge in [0.05, 0.1) is 19.8 Å². The second kappa shape index (κ2) is 8.55. The Morgan fingerprint density at radius 2 is 2.00 bits per heavy atom. The van der Waals surface area contributed by atoms with Gasteiger partial charge in [0.15, 0.2) is 0 Å². The van der Waals surface area contributed by atoms with Crippen molar-refractivity contribution in [3.63, 3.8) is 0 Å². The highest BCUT2D eigenvalue weighted by Crippen LogP contribution is 2.26. The van der Waals surface area contributed by atoms with Gasteiger partial charge in [-0.25, -0.2) is 0 Å². The first-order chi connectivity index (χ1) is 11.1. The van der Waals surface area contributed by atoms with E-state index >= 15 is 0 Å². The molecule has 0 aliphatic heterocycles. The van der Waals surface area contributed by atoms with Gasteiger partial charge >= 0.3 is 0 Å². The molecule has 2 N–H and O–H groups in total. The lowest BCUT2D eigenvalue weighted by atomic mass is 10.2. The van der Waals surface area contributed by atoms with Crippen molar-refractivity contribution in [2.24, 2.45) is 0 Å². The Hall–Kier alpha value is -2.05. The normalized spacial score (nSPS) is 11.1. The van der Waals surface area contributed by atoms with Gasteiger partial charge in [-0.3, -0.25) is 4.79 Å². The van der Waals surface area contributed by atoms with E-state index < -0.39 is 0 Å². The van der Waals surface area contributed by atoms with E-state index in [9.17, 15) is 4.79 Å². The molecule has 1 heterocycles. The number of amides is 1. The third-order valence-electron chi connectivity index (χ3n) is 3.21. The number of nitrogens with one attached hydrogen (secondary N) is 2. The molecule has 2 rings (SSSR count). The first kappa shape index (κ1) is 17.3. The first-order valence-electron chi connectivity index (χ1n) is 7.74. The fraction of sp³-hybridized carbons (Fsp3) is 0.471. The highest BCUT2D eigenvalue weighted by atomic mass is 16.5. The van der Waals surface area contributed by atoms with Crippen LogP contribution < -0.4 is 10.1 Å². The van der Waals surface area contributed by atoms with Crippen LogP contribution in [0.1, 0.15) is 24.3 Å². The van der Waals surface area contributed by atoms with Crippen molar-refractivity contribution in [3.05, 3.63) is 30.0 Å². The van der Waals surface area contributed by atoms with Crippen LogP contribution >= 0.6 is 0 Å². The standard InChI is InChI=1S/C17H24N2O4/c1-12(2)18-17(20)15-11-13-14(19-15)5-4-6-16(13)23-10-9-22-8-7-21-3/h4-6,11-12,19H,7-10H2,1-3H3,(H,18,20). The highest BCUT2D eigenvalue weighted by molar-refractivity contribution is 5.99. The Labute approximate surface area is 136 Å². The fourth-order valence-corrected chi connectivity index (χ4v) is 2.17. The lowest BCUT2D eigenvalue weighted by Crippen LogP contribution is -2.30. The number of methoxy groups -OCH3 is 1. The average molecular weight is 320 g/mol. The van der Waals surface area contributed by atoms with E-state index in [-0.39, 0.29) is 11.9 Å². The van der Waals surface area contributed by atoms with Gasteiger partial charge in [0, 0.05) is 24.1 Å². The van der Waals surface area contributed by atoms with E-state index in [0.717, 1.165) is 16.7 Å². The molecule has 126 valence electrons. The number of hydrogen-bond acceptors (Lipinski definition) is 4. The number of rotatable bonds is 9. The highest BCUT2D eigenvalue weighted by Gasteiger charge is 2.12. The van der Waals surface area contributed by atoms with E-state index in [1.165, 1.54) is 0 Å². The van der Waals surface area contributed by atoms with E-state index in [1.54, 1.807) is 7.11 Å². The van der Waals surface area contributed by atoms with Crippen LogP contribution in [-0.4, -0.2) is 50.5 Å². The number of aromatic amines is 1. The van der Waals surface area contributed by atoms with Crippen LogP contribution in [0, 0.1) is 0 Å². The molecule has 0 aliphatic rings. The molecule has 23 heavy (non-hydrogen) atoms. The molecule has 1 aromatic heterocycles. The van der Waals surface area contributed by atoms with Crippen molar-refractivity contribution < 1.29 is 19.0 Å². The minimum absolute atomic E-state index is 0.0916. The summed E-state index contributed by atoms with van der Waals surface area (Å²) in [6.07, 6.45) is 0. The third kappa shape index (κ3) is 4.97. The molecule has 6 heteroatoms. The van der Waals surface area contributed by atoms with Crippen LogP contribution in [0.3, 0.4) is 0 Å². The topological polar surface area (TPSA) is 72.6 Å². The van der Waals surface area contributed by atoms with Gasteiger partial charge in [-0.15, -0.1) is 0 Å². The minimum Gasteiger partial charge on any atom is -0.490 e. The number of carbonyl (C=O) groups excluding carboxylic acids is 1. The van der Waals surface area contributed by atoms with Crippen LogP contribution in [0.4, 0.5) is 0 Å². The molecule has 6 nitrogen and oxygen atoms in total. The number of ether oxygens (including phenoxy) is 3. The molecule has 0 fully saturated rings. The summed E-state index contributed by atoms with van der Waals surface area (Å²) in [5, 5.41) is 3.76. The Bertz CT molecular complexity index is 637. The molecule has 2 aromatic rings. The van der Waals surface area contributed by atoms with Gasteiger partial charge in [0.1, 0.15) is 18.1 Å². The predicted octanol–water partition coefficient (Wildman–Crippen LogP) is 2.35. The molecule has 0 atom stereocenters. The molecule has 1 aromatic carbocycles. The third-order valence-corrected chi connectivity index (χ3v) is 3.21. The van der Waals surface area contributed by atoms with E-state index in [4.69, 9.17) is 14.2 Å². The van der Waals surface area contributed by atoms with Gasteiger partial charge in [-0.2, -0.15) is 0 Å². The van der Waals surface area contributed by atoms with Crippen molar-refractivity contribution in [2.75, 3.05) is 33.5 Å². The largest absolute Gasteiger partial charge is 0.490 e. The van der Waals surface area contributed by atoms with Crippen molar-refractivity contribution in [1.82, 2.24) is 10.3 Å². The molecule has 0 bridgehead atoms. The zero-order valence-electron chi connectivity index (χ0n) is 13.8. The van der Waals surface area contributed by atoms with Crippen LogP contribution in [0.25, 0.3) is 10.9 Å². The summed E-state index contributed by atoms with van der Waals surface area (Å²) < 4.78 is 16.0. The summed E-state index contributed by atoms with van der Waals surface area (Å²) in [6, 6.07) is 7.60. The molecular weight excluding hydrogens is 296 g/mol. The summed E-state index contributed by atoms with van der Waals surface area (Å²) in [5.41, 5.74) is 1.40. The summed E-state index contributed by atoms with van der Waals surface area (Å²) in [5.74, 6) is 0.614. The summed E-state index contributed by atoms with van der Waals surface area (Å²) in [4.78, 5) is 15.2. The van der Waals surface area contributed by atoms with Gasteiger partial charge in [-0.05, 0) is 32.0 Å². The molecule has 0 aliphatic carbocycles. The number of aromatic nitrogens is 1. The van der Waals surface area contributed by atoms with Crippen LogP contribution in [-0.2, 0) is 9.47 Å². The van der Waals surface area contributed by atoms with Gasteiger partial charge in [0.25, 0.3) is 5.91 Å². The number of hydrogen-bond donors (Lipinski definition) is 2. The van der Waals surface area contributed by atoms with Gasteiger partial charge in [0.2, 0.25) is 0 Å². The maximum absolute atomic E-state index is 12.1. The van der Waals surface area contributed by atoms with E-state index in [1.807, 2.05) is 38.1 Å². The molecule has 0 saturated carbocycles. The average Bonchev–Trinajstić information content (AvgIpc) is 2.95. The first-order valence-corrected chi connectivity index (χ1v) is 7.74. The number of fused-ring (bicyclic) bond motifs is 1. The SMILES string of the molecule is COCCOCCOc1cccc2[nH]c(C(=O)NC(C)C)cc12. The van der Waals surface area contributed by atoms with Crippen molar-refractivity contribution >= 4 is 16.8 Å². The molecule has 0 unspecified atom stereocenters. The smallest absolute Gasteiger partial charge is 0.267 e. The Morgan fingerprint density at radius 1 is 1.22 bits per heavy atom. The number of carbonyl (C=O) groups is 1. The summed E-state index contributed by atoms with van der Waals surface area (Å²) >= 11 is 0. The minimum atomic E-state index is -0.120. The zero-order valence-corrected chi connectivity index (χ0v) is 13.8. The molecule has 0 saturated heterocycles. The van der Waals surface area contributed by atoms with Crippen LogP contribution in [0.2, 0.25) is 0 Å². The lowest BCUT2D eigenvalue weighted by Gasteiger charge is -2.08. The summed E-state index contributed by atoms with van der Waals surface area (Å²) in [7, 11) is 1.64. The van der Waals surface area contributed by atoms with Gasteiger partial charge in [-0.1, -0.05) is 6.07 Å². The molecule has 1 amide bonds. The summed E-state index contributed by atoms with van der Waals surface area (Å²) in [6.45, 7) is 5.92. The Morgan fingerprint density at radius 3 is 2.74 bits per heavy atom. The predicted molar refractivity (Wildman–Crippen MR) is 89.1 cm³/mol. The second-order valence-electron chi connectivity index (χ2n) is 5.48. The van der Waals surface area contributed by atoms with Crippen LogP contribution in [0.5, 0.6) is 5.75 Å². The van der Waals surface area contributed by atoms with Crippen molar-refractivity contribution in [2.45, 2.75) is 19.9 Å². The maximum atomic E-state index is 12.1. The maximum Gasteiger partial charge on any atom is 0.267 e. The molecule has 0 radical (unpaired) electrons. The van der Waals surface area contributed by atoms with Crippen molar-refractivity contribution in [1.29, 1.82) is 0 Å². The zero-order chi connectivity index (χ0) is 16.7. The lowest BCUT2D eigenvalue weighted by molar-refractivity contribution is 0.0547. The van der Waals surface area contributed by atoms with E-state index in [2.05, 4.69) is 10.3 Å². The van der Waals surface area contributed by atoms with Gasteiger partial charge < -0.3 is 24.5 Å². The van der Waals surface area contributed by atoms with Crippen molar-refractivity contribution in [3.8, 4) is 5.75 Å². The quantitative estimate of drug-likeness (QED) is 0.696. The second-order valence-corrected chi connectivity index (χ2v) is 5.48. The Kier molecular flexibility index (Phi) is 6.43. The molecular formula is C17H24N2O4. The molecule has 0 spiro atoms. The van der Waals surface area contributed by atoms with Crippen LogP contribution in [0.15, 0.2) is 24.3 Å². The Balaban J connectivity index is 2.00. The fourth-order valence-electron chi connectivity index (χ4n) is 2.17. The number of benzene rings is 1. The van der Waals surface area contributed by atoms with E-state index in [0.29, 0.717) is 32.1 Å².